The molecule has 5 nitrogen and oxygen atoms in total. The van der Waals surface area contributed by atoms with Gasteiger partial charge in [-0.3, -0.25) is 4.79 Å². The normalized spacial score (nSPS) is 10.2. The summed E-state index contributed by atoms with van der Waals surface area (Å²) in [6.07, 6.45) is 1.64. The lowest BCUT2D eigenvalue weighted by molar-refractivity contribution is 0.102. The van der Waals surface area contributed by atoms with Crippen molar-refractivity contribution in [3.05, 3.63) is 77.4 Å². The number of carbonyl (C=O) groups is 1. The Labute approximate surface area is 150 Å². The smallest absolute Gasteiger partial charge is 0.256 e. The minimum absolute atomic E-state index is 0.198. The predicted octanol–water partition coefficient (Wildman–Crippen LogP) is 4.74. The molecule has 0 radical (unpaired) electrons. The van der Waals surface area contributed by atoms with Gasteiger partial charge < -0.3 is 15.4 Å². The van der Waals surface area contributed by atoms with E-state index >= 15 is 0 Å². The van der Waals surface area contributed by atoms with Gasteiger partial charge in [0.05, 0.1) is 24.0 Å². The molecule has 0 unspecified atom stereocenters. The summed E-state index contributed by atoms with van der Waals surface area (Å²) in [5.41, 5.74) is 2.17. The maximum atomic E-state index is 12.1. The summed E-state index contributed by atoms with van der Waals surface area (Å²) >= 11 is 6.11. The Balaban J connectivity index is 1.66. The van der Waals surface area contributed by atoms with Crippen LogP contribution < -0.4 is 15.4 Å². The second kappa shape index (κ2) is 7.68. The fourth-order valence-electron chi connectivity index (χ4n) is 2.23. The lowest BCUT2D eigenvalue weighted by Crippen LogP contribution is -2.12. The molecule has 25 heavy (non-hydrogen) atoms. The van der Waals surface area contributed by atoms with Crippen LogP contribution in [0.2, 0.25) is 5.02 Å². The number of hydrogen-bond acceptors (Lipinski definition) is 4. The van der Waals surface area contributed by atoms with E-state index in [1.807, 2.05) is 30.3 Å². The first-order valence-electron chi connectivity index (χ1n) is 7.59. The molecule has 0 bridgehead atoms. The van der Waals surface area contributed by atoms with Gasteiger partial charge in [0, 0.05) is 11.3 Å². The van der Waals surface area contributed by atoms with E-state index in [1.165, 1.54) is 0 Å². The van der Waals surface area contributed by atoms with E-state index < -0.39 is 0 Å². The molecule has 126 valence electrons. The Morgan fingerprint density at radius 2 is 1.80 bits per heavy atom. The van der Waals surface area contributed by atoms with Crippen LogP contribution in [-0.4, -0.2) is 18.0 Å². The van der Waals surface area contributed by atoms with E-state index in [0.717, 1.165) is 11.4 Å². The van der Waals surface area contributed by atoms with Gasteiger partial charge in [-0.25, -0.2) is 4.98 Å². The molecule has 0 aliphatic heterocycles. The number of halogens is 1. The topological polar surface area (TPSA) is 63.2 Å². The third-order valence-corrected chi connectivity index (χ3v) is 3.78. The number of pyridine rings is 1. The first-order valence-corrected chi connectivity index (χ1v) is 7.96. The lowest BCUT2D eigenvalue weighted by Gasteiger charge is -2.10. The largest absolute Gasteiger partial charge is 0.495 e. The lowest BCUT2D eigenvalue weighted by atomic mass is 10.2. The van der Waals surface area contributed by atoms with Crippen molar-refractivity contribution in [2.75, 3.05) is 17.7 Å². The van der Waals surface area contributed by atoms with Gasteiger partial charge in [-0.15, -0.1) is 0 Å². The summed E-state index contributed by atoms with van der Waals surface area (Å²) in [5.74, 6) is 0.896. The van der Waals surface area contributed by atoms with Crippen LogP contribution in [-0.2, 0) is 0 Å². The number of anilines is 3. The maximum Gasteiger partial charge on any atom is 0.256 e. The van der Waals surface area contributed by atoms with Crippen molar-refractivity contribution in [1.29, 1.82) is 0 Å². The molecule has 1 amide bonds. The van der Waals surface area contributed by atoms with E-state index in [2.05, 4.69) is 15.6 Å². The number of ether oxygens (including phenoxy) is 1. The van der Waals surface area contributed by atoms with Crippen molar-refractivity contribution in [2.45, 2.75) is 0 Å². The summed E-state index contributed by atoms with van der Waals surface area (Å²) in [5, 5.41) is 6.47. The summed E-state index contributed by atoms with van der Waals surface area (Å²) < 4.78 is 5.13. The monoisotopic (exact) mass is 353 g/mol. The molecule has 6 heteroatoms. The number of carbonyl (C=O) groups excluding carboxylic acids is 1. The third-order valence-electron chi connectivity index (χ3n) is 3.48. The van der Waals surface area contributed by atoms with Crippen molar-refractivity contribution < 1.29 is 9.53 Å². The SMILES string of the molecule is COc1ccc(Nc2ccc(NC(=O)c3ccccc3)nc2)cc1Cl. The van der Waals surface area contributed by atoms with Gasteiger partial charge in [0.15, 0.2) is 0 Å². The molecule has 1 heterocycles. The van der Waals surface area contributed by atoms with Crippen molar-refractivity contribution >= 4 is 34.7 Å². The second-order valence-corrected chi connectivity index (χ2v) is 5.63. The molecule has 0 fully saturated rings. The van der Waals surface area contributed by atoms with Gasteiger partial charge in [-0.2, -0.15) is 0 Å². The summed E-state index contributed by atoms with van der Waals surface area (Å²) in [6, 6.07) is 18.0. The van der Waals surface area contributed by atoms with E-state index in [-0.39, 0.29) is 5.91 Å². The van der Waals surface area contributed by atoms with Crippen LogP contribution >= 0.6 is 11.6 Å². The number of nitrogens with zero attached hydrogens (tertiary/aromatic N) is 1. The zero-order valence-electron chi connectivity index (χ0n) is 13.5. The predicted molar refractivity (Wildman–Crippen MR) is 99.9 cm³/mol. The first-order chi connectivity index (χ1) is 12.2. The molecule has 3 aromatic rings. The van der Waals surface area contributed by atoms with E-state index in [1.54, 1.807) is 43.6 Å². The van der Waals surface area contributed by atoms with Gasteiger partial charge in [0.2, 0.25) is 0 Å². The van der Waals surface area contributed by atoms with Crippen LogP contribution in [0.1, 0.15) is 10.4 Å². The zero-order chi connectivity index (χ0) is 17.6. The molecule has 0 atom stereocenters. The van der Waals surface area contributed by atoms with Crippen molar-refractivity contribution in [2.24, 2.45) is 0 Å². The highest BCUT2D eigenvalue weighted by Gasteiger charge is 2.06. The number of amides is 1. The standard InChI is InChI=1S/C19H16ClN3O2/c1-25-17-9-7-14(11-16(17)20)22-15-8-10-18(21-12-15)23-19(24)13-5-3-2-4-6-13/h2-12,22H,1H3,(H,21,23,24). The first kappa shape index (κ1) is 16.8. The Bertz CT molecular complexity index is 868. The molecule has 0 aliphatic rings. The van der Waals surface area contributed by atoms with Gasteiger partial charge >= 0.3 is 0 Å². The molecule has 2 N–H and O–H groups in total. The Morgan fingerprint density at radius 1 is 1.04 bits per heavy atom. The molecule has 0 aliphatic carbocycles. The quantitative estimate of drug-likeness (QED) is 0.695. The average Bonchev–Trinajstić information content (AvgIpc) is 2.64. The molecule has 0 saturated carbocycles. The van der Waals surface area contributed by atoms with Gasteiger partial charge in [-0.05, 0) is 42.5 Å². The average molecular weight is 354 g/mol. The number of benzene rings is 2. The number of methoxy groups -OCH3 is 1. The van der Waals surface area contributed by atoms with Crippen LogP contribution in [0.4, 0.5) is 17.2 Å². The molecular formula is C19H16ClN3O2. The number of aromatic nitrogens is 1. The Hall–Kier alpha value is -3.05. The van der Waals surface area contributed by atoms with Crippen LogP contribution in [0.5, 0.6) is 5.75 Å². The fraction of sp³-hybridized carbons (Fsp3) is 0.0526. The Morgan fingerprint density at radius 3 is 2.44 bits per heavy atom. The number of nitrogens with one attached hydrogen (secondary N) is 2. The molecule has 0 saturated heterocycles. The highest BCUT2D eigenvalue weighted by molar-refractivity contribution is 6.32. The molecular weight excluding hydrogens is 338 g/mol. The van der Waals surface area contributed by atoms with Crippen LogP contribution in [0.3, 0.4) is 0 Å². The second-order valence-electron chi connectivity index (χ2n) is 5.23. The number of rotatable bonds is 5. The van der Waals surface area contributed by atoms with Crippen molar-refractivity contribution in [3.8, 4) is 5.75 Å². The van der Waals surface area contributed by atoms with E-state index in [0.29, 0.717) is 22.2 Å². The van der Waals surface area contributed by atoms with Crippen molar-refractivity contribution in [1.82, 2.24) is 4.98 Å². The van der Waals surface area contributed by atoms with Crippen LogP contribution in [0, 0.1) is 0 Å². The molecule has 1 aromatic heterocycles. The number of hydrogen-bond donors (Lipinski definition) is 2. The minimum atomic E-state index is -0.198. The van der Waals surface area contributed by atoms with E-state index in [4.69, 9.17) is 16.3 Å². The molecule has 0 spiro atoms. The van der Waals surface area contributed by atoms with Crippen LogP contribution in [0.25, 0.3) is 0 Å². The minimum Gasteiger partial charge on any atom is -0.495 e. The zero-order valence-corrected chi connectivity index (χ0v) is 14.2. The summed E-state index contributed by atoms with van der Waals surface area (Å²) in [6.45, 7) is 0. The third kappa shape index (κ3) is 4.28. The van der Waals surface area contributed by atoms with Crippen molar-refractivity contribution in [3.63, 3.8) is 0 Å². The molecule has 2 aromatic carbocycles. The maximum absolute atomic E-state index is 12.1. The van der Waals surface area contributed by atoms with Gasteiger partial charge in [0.25, 0.3) is 5.91 Å². The highest BCUT2D eigenvalue weighted by atomic mass is 35.5. The van der Waals surface area contributed by atoms with Gasteiger partial charge in [0.1, 0.15) is 11.6 Å². The summed E-state index contributed by atoms with van der Waals surface area (Å²) in [4.78, 5) is 16.3. The Kier molecular flexibility index (Phi) is 5.16. The highest BCUT2D eigenvalue weighted by Crippen LogP contribution is 2.28. The summed E-state index contributed by atoms with van der Waals surface area (Å²) in [7, 11) is 1.57. The van der Waals surface area contributed by atoms with E-state index in [9.17, 15) is 4.79 Å². The van der Waals surface area contributed by atoms with Gasteiger partial charge in [-0.1, -0.05) is 29.8 Å². The van der Waals surface area contributed by atoms with Crippen LogP contribution in [0.15, 0.2) is 66.9 Å². The fourth-order valence-corrected chi connectivity index (χ4v) is 2.49. The molecule has 3 rings (SSSR count).